The monoisotopic (exact) mass is 402 g/mol. The summed E-state index contributed by atoms with van der Waals surface area (Å²) >= 11 is 0. The van der Waals surface area contributed by atoms with Crippen LogP contribution in [0.5, 0.6) is 5.75 Å². The Morgan fingerprint density at radius 2 is 1.83 bits per heavy atom. The van der Waals surface area contributed by atoms with Crippen molar-refractivity contribution in [3.05, 3.63) is 24.3 Å². The van der Waals surface area contributed by atoms with Gasteiger partial charge in [0, 0.05) is 38.3 Å². The van der Waals surface area contributed by atoms with Gasteiger partial charge in [-0.15, -0.1) is 0 Å². The highest BCUT2D eigenvalue weighted by atomic mass is 16.5. The summed E-state index contributed by atoms with van der Waals surface area (Å²) in [5.41, 5.74) is 0.518. The van der Waals surface area contributed by atoms with E-state index in [0.29, 0.717) is 17.9 Å². The maximum atomic E-state index is 12.3. The first-order valence-electron chi connectivity index (χ1n) is 10.0. The number of hydrogen-bond acceptors (Lipinski definition) is 5. The highest BCUT2D eigenvalue weighted by molar-refractivity contribution is 6.03. The molecule has 0 spiro atoms. The molecular formula is C22H30N2O5. The molecule has 3 amide bonds. The minimum absolute atomic E-state index is 0.0690. The van der Waals surface area contributed by atoms with Crippen LogP contribution < -0.4 is 9.64 Å². The van der Waals surface area contributed by atoms with E-state index in [1.165, 1.54) is 9.80 Å². The third kappa shape index (κ3) is 5.43. The average molecular weight is 402 g/mol. The number of benzene rings is 1. The van der Waals surface area contributed by atoms with E-state index in [1.54, 1.807) is 45.2 Å². The van der Waals surface area contributed by atoms with Crippen molar-refractivity contribution in [2.45, 2.75) is 47.0 Å². The molecule has 7 nitrogen and oxygen atoms in total. The number of ether oxygens (including phenoxy) is 1. The van der Waals surface area contributed by atoms with Crippen LogP contribution in [0.1, 0.15) is 47.0 Å². The molecular weight excluding hydrogens is 372 g/mol. The van der Waals surface area contributed by atoms with Gasteiger partial charge in [-0.2, -0.15) is 0 Å². The van der Waals surface area contributed by atoms with E-state index < -0.39 is 5.97 Å². The molecule has 0 N–H and O–H groups in total. The number of likely N-dealkylation sites (tertiary alicyclic amines) is 1. The van der Waals surface area contributed by atoms with Gasteiger partial charge in [-0.25, -0.2) is 0 Å². The van der Waals surface area contributed by atoms with Crippen LogP contribution in [0, 0.1) is 17.8 Å². The summed E-state index contributed by atoms with van der Waals surface area (Å²) < 4.78 is 5.45. The fourth-order valence-electron chi connectivity index (χ4n) is 3.35. The fourth-order valence-corrected chi connectivity index (χ4v) is 3.35. The second-order valence-electron chi connectivity index (χ2n) is 8.04. The summed E-state index contributed by atoms with van der Waals surface area (Å²) in [5, 5.41) is 0. The van der Waals surface area contributed by atoms with Crippen LogP contribution in [-0.2, 0) is 19.2 Å². The number of imide groups is 1. The van der Waals surface area contributed by atoms with Gasteiger partial charge in [-0.05, 0) is 24.5 Å². The predicted molar refractivity (Wildman–Crippen MR) is 109 cm³/mol. The van der Waals surface area contributed by atoms with Crippen molar-refractivity contribution in [2.75, 3.05) is 18.5 Å². The molecule has 0 radical (unpaired) electrons. The molecule has 0 aromatic heterocycles. The Morgan fingerprint density at radius 3 is 2.41 bits per heavy atom. The summed E-state index contributed by atoms with van der Waals surface area (Å²) in [6.45, 7) is 7.67. The summed E-state index contributed by atoms with van der Waals surface area (Å²) in [6.07, 6.45) is 0.647. The van der Waals surface area contributed by atoms with Gasteiger partial charge < -0.3 is 9.64 Å². The van der Waals surface area contributed by atoms with Gasteiger partial charge in [-0.3, -0.25) is 24.1 Å². The van der Waals surface area contributed by atoms with Crippen molar-refractivity contribution in [1.82, 2.24) is 4.90 Å². The van der Waals surface area contributed by atoms with Crippen molar-refractivity contribution < 1.29 is 23.9 Å². The van der Waals surface area contributed by atoms with Gasteiger partial charge in [0.2, 0.25) is 17.7 Å². The average Bonchev–Trinajstić information content (AvgIpc) is 2.95. The third-order valence-corrected chi connectivity index (χ3v) is 5.12. The van der Waals surface area contributed by atoms with Gasteiger partial charge in [0.15, 0.2) is 5.75 Å². The molecule has 0 saturated carbocycles. The normalized spacial score (nSPS) is 16.7. The van der Waals surface area contributed by atoms with Crippen LogP contribution in [-0.4, -0.2) is 42.2 Å². The molecule has 29 heavy (non-hydrogen) atoms. The molecule has 1 aromatic rings. The second kappa shape index (κ2) is 9.67. The number of para-hydroxylation sites is 2. The van der Waals surface area contributed by atoms with Crippen LogP contribution in [0.2, 0.25) is 0 Å². The number of nitrogens with zero attached hydrogens (tertiary/aromatic N) is 2. The Labute approximate surface area is 172 Å². The molecule has 2 rings (SSSR count). The van der Waals surface area contributed by atoms with Crippen molar-refractivity contribution in [3.63, 3.8) is 0 Å². The van der Waals surface area contributed by atoms with Crippen LogP contribution in [0.4, 0.5) is 5.69 Å². The van der Waals surface area contributed by atoms with Gasteiger partial charge in [0.05, 0.1) is 5.69 Å². The first kappa shape index (κ1) is 22.6. The van der Waals surface area contributed by atoms with E-state index in [-0.39, 0.29) is 54.9 Å². The van der Waals surface area contributed by atoms with E-state index in [2.05, 4.69) is 0 Å². The first-order valence-corrected chi connectivity index (χ1v) is 10.0. The number of carbonyl (C=O) groups excluding carboxylic acids is 4. The molecule has 158 valence electrons. The van der Waals surface area contributed by atoms with Crippen molar-refractivity contribution in [3.8, 4) is 5.75 Å². The van der Waals surface area contributed by atoms with E-state index in [1.807, 2.05) is 13.8 Å². The standard InChI is InChI=1S/C22H30N2O5/c1-14(2)16-13-19(25)24(22(16)28)12-8-11-20(26)29-18-10-7-6-9-17(18)23(5)21(27)15(3)4/h6-7,9-10,14-16H,8,11-13H2,1-5H3. The number of anilines is 1. The van der Waals surface area contributed by atoms with Gasteiger partial charge in [-0.1, -0.05) is 39.8 Å². The smallest absolute Gasteiger partial charge is 0.311 e. The van der Waals surface area contributed by atoms with Crippen LogP contribution >= 0.6 is 0 Å². The Hall–Kier alpha value is -2.70. The Morgan fingerprint density at radius 1 is 1.17 bits per heavy atom. The Kier molecular flexibility index (Phi) is 7.53. The van der Waals surface area contributed by atoms with Crippen LogP contribution in [0.15, 0.2) is 24.3 Å². The number of esters is 1. The minimum atomic E-state index is -0.470. The predicted octanol–water partition coefficient (Wildman–Crippen LogP) is 3.02. The van der Waals surface area contributed by atoms with Gasteiger partial charge in [0.25, 0.3) is 0 Å². The lowest BCUT2D eigenvalue weighted by Crippen LogP contribution is -2.33. The zero-order valence-corrected chi connectivity index (χ0v) is 17.8. The summed E-state index contributed by atoms with van der Waals surface area (Å²) in [5.74, 6) is -0.921. The van der Waals surface area contributed by atoms with Crippen molar-refractivity contribution in [2.24, 2.45) is 17.8 Å². The van der Waals surface area contributed by atoms with Crippen molar-refractivity contribution >= 4 is 29.4 Å². The highest BCUT2D eigenvalue weighted by Crippen LogP contribution is 2.29. The molecule has 1 aromatic carbocycles. The van der Waals surface area contributed by atoms with Crippen molar-refractivity contribution in [1.29, 1.82) is 0 Å². The molecule has 7 heteroatoms. The van der Waals surface area contributed by atoms with E-state index in [9.17, 15) is 19.2 Å². The zero-order chi connectivity index (χ0) is 21.7. The fraction of sp³-hybridized carbons (Fsp3) is 0.545. The first-order chi connectivity index (χ1) is 13.6. The third-order valence-electron chi connectivity index (χ3n) is 5.12. The van der Waals surface area contributed by atoms with Crippen LogP contribution in [0.3, 0.4) is 0 Å². The Balaban J connectivity index is 1.93. The van der Waals surface area contributed by atoms with E-state index >= 15 is 0 Å². The number of carbonyl (C=O) groups is 4. The summed E-state index contributed by atoms with van der Waals surface area (Å²) in [4.78, 5) is 51.6. The molecule has 1 atom stereocenters. The minimum Gasteiger partial charge on any atom is -0.424 e. The topological polar surface area (TPSA) is 84.0 Å². The molecule has 1 fully saturated rings. The maximum absolute atomic E-state index is 12.3. The van der Waals surface area contributed by atoms with Gasteiger partial charge in [0.1, 0.15) is 0 Å². The lowest BCUT2D eigenvalue weighted by molar-refractivity contribution is -0.141. The Bertz CT molecular complexity index is 787. The maximum Gasteiger partial charge on any atom is 0.311 e. The molecule has 1 saturated heterocycles. The number of amides is 3. The SMILES string of the molecule is CC(C)C(=O)N(C)c1ccccc1OC(=O)CCCN1C(=O)CC(C(C)C)C1=O. The molecule has 0 aliphatic carbocycles. The van der Waals surface area contributed by atoms with E-state index in [0.717, 1.165) is 0 Å². The molecule has 1 heterocycles. The number of rotatable bonds is 8. The molecule has 0 bridgehead atoms. The number of hydrogen-bond donors (Lipinski definition) is 0. The van der Waals surface area contributed by atoms with Crippen LogP contribution in [0.25, 0.3) is 0 Å². The second-order valence-corrected chi connectivity index (χ2v) is 8.04. The zero-order valence-electron chi connectivity index (χ0n) is 17.8. The summed E-state index contributed by atoms with van der Waals surface area (Å²) in [7, 11) is 1.64. The quantitative estimate of drug-likeness (QED) is 0.379. The largest absolute Gasteiger partial charge is 0.424 e. The lowest BCUT2D eigenvalue weighted by Gasteiger charge is -2.22. The summed E-state index contributed by atoms with van der Waals surface area (Å²) in [6, 6.07) is 6.86. The molecule has 1 unspecified atom stereocenters. The lowest BCUT2D eigenvalue weighted by atomic mass is 9.94. The van der Waals surface area contributed by atoms with E-state index in [4.69, 9.17) is 4.74 Å². The highest BCUT2D eigenvalue weighted by Gasteiger charge is 2.39. The van der Waals surface area contributed by atoms with Gasteiger partial charge >= 0.3 is 5.97 Å². The molecule has 1 aliphatic rings. The molecule has 1 aliphatic heterocycles.